The minimum atomic E-state index is 1.23. The summed E-state index contributed by atoms with van der Waals surface area (Å²) in [5, 5.41) is 1.96. The molecule has 0 saturated carbocycles. The average Bonchev–Trinajstić information content (AvgIpc) is 1.77. The van der Waals surface area contributed by atoms with E-state index in [-0.39, 0.29) is 0 Å². The van der Waals surface area contributed by atoms with Crippen molar-refractivity contribution in [2.45, 2.75) is 6.92 Å². The molecule has 1 heterocycles. The van der Waals surface area contributed by atoms with Crippen molar-refractivity contribution in [1.82, 2.24) is 10.4 Å². The highest BCUT2D eigenvalue weighted by atomic mass is 15.5. The second-order valence-corrected chi connectivity index (χ2v) is 1.86. The summed E-state index contributed by atoms with van der Waals surface area (Å²) >= 11 is 0. The molecular formula is C6H10N2. The zero-order valence-corrected chi connectivity index (χ0v) is 5.18. The Balaban J connectivity index is 2.66. The number of nitrogens with zero attached hydrogens (tertiary/aromatic N) is 1. The molecule has 8 heavy (non-hydrogen) atoms. The molecule has 2 heteroatoms. The molecule has 1 N–H and O–H groups in total. The van der Waals surface area contributed by atoms with Crippen molar-refractivity contribution in [1.29, 1.82) is 0 Å². The molecule has 0 bridgehead atoms. The molecule has 0 fully saturated rings. The molecule has 0 aliphatic carbocycles. The van der Waals surface area contributed by atoms with Gasteiger partial charge in [-0.15, -0.1) is 0 Å². The van der Waals surface area contributed by atoms with Crippen molar-refractivity contribution >= 4 is 0 Å². The number of hydrogen-bond donors (Lipinski definition) is 1. The first kappa shape index (κ1) is 5.22. The molecule has 0 aromatic carbocycles. The molecule has 1 rings (SSSR count). The maximum atomic E-state index is 3.02. The van der Waals surface area contributed by atoms with Crippen LogP contribution in [0.5, 0.6) is 0 Å². The van der Waals surface area contributed by atoms with E-state index in [2.05, 4.69) is 18.4 Å². The summed E-state index contributed by atoms with van der Waals surface area (Å²) in [5.74, 6) is 0. The molecule has 0 aromatic heterocycles. The molecule has 2 nitrogen and oxygen atoms in total. The van der Waals surface area contributed by atoms with Crippen LogP contribution >= 0.6 is 0 Å². The maximum absolute atomic E-state index is 3.02. The van der Waals surface area contributed by atoms with Crippen molar-refractivity contribution < 1.29 is 0 Å². The Morgan fingerprint density at radius 3 is 2.75 bits per heavy atom. The molecule has 1 aliphatic rings. The quantitative estimate of drug-likeness (QED) is 0.497. The summed E-state index contributed by atoms with van der Waals surface area (Å²) in [6, 6.07) is 0. The van der Waals surface area contributed by atoms with Crippen molar-refractivity contribution in [2.75, 3.05) is 7.05 Å². The van der Waals surface area contributed by atoms with Gasteiger partial charge in [0.05, 0.1) is 0 Å². The van der Waals surface area contributed by atoms with Gasteiger partial charge in [0.15, 0.2) is 0 Å². The fourth-order valence-corrected chi connectivity index (χ4v) is 0.556. The normalized spacial score (nSPS) is 17.8. The Labute approximate surface area is 49.5 Å². The zero-order chi connectivity index (χ0) is 5.98. The SMILES string of the molecule is CC1=CC=CNN1C. The van der Waals surface area contributed by atoms with Crippen LogP contribution in [0.3, 0.4) is 0 Å². The number of hydrazine groups is 1. The average molecular weight is 110 g/mol. The second-order valence-electron chi connectivity index (χ2n) is 1.86. The first-order chi connectivity index (χ1) is 3.80. The van der Waals surface area contributed by atoms with E-state index in [1.165, 1.54) is 5.70 Å². The van der Waals surface area contributed by atoms with E-state index < -0.39 is 0 Å². The predicted octanol–water partition coefficient (Wildman–Crippen LogP) is 0.854. The van der Waals surface area contributed by atoms with E-state index in [0.717, 1.165) is 0 Å². The second kappa shape index (κ2) is 1.90. The largest absolute Gasteiger partial charge is 0.306 e. The summed E-state index contributed by atoms with van der Waals surface area (Å²) in [4.78, 5) is 0. The Morgan fingerprint density at radius 2 is 2.38 bits per heavy atom. The van der Waals surface area contributed by atoms with Gasteiger partial charge in [0.25, 0.3) is 0 Å². The first-order valence-corrected chi connectivity index (χ1v) is 2.64. The first-order valence-electron chi connectivity index (χ1n) is 2.64. The molecular weight excluding hydrogens is 100 g/mol. The van der Waals surface area contributed by atoms with Gasteiger partial charge in [-0.05, 0) is 19.1 Å². The van der Waals surface area contributed by atoms with Crippen molar-refractivity contribution in [3.8, 4) is 0 Å². The topological polar surface area (TPSA) is 15.3 Å². The summed E-state index contributed by atoms with van der Waals surface area (Å²) in [7, 11) is 1.98. The maximum Gasteiger partial charge on any atom is 0.0312 e. The van der Waals surface area contributed by atoms with Gasteiger partial charge in [-0.2, -0.15) is 0 Å². The molecule has 0 radical (unpaired) electrons. The lowest BCUT2D eigenvalue weighted by atomic mass is 10.4. The van der Waals surface area contributed by atoms with Gasteiger partial charge in [0, 0.05) is 18.9 Å². The van der Waals surface area contributed by atoms with E-state index in [1.54, 1.807) is 0 Å². The van der Waals surface area contributed by atoms with Gasteiger partial charge in [-0.1, -0.05) is 0 Å². The summed E-state index contributed by atoms with van der Waals surface area (Å²) in [5.41, 5.74) is 4.25. The summed E-state index contributed by atoms with van der Waals surface area (Å²) in [6.07, 6.45) is 5.93. The van der Waals surface area contributed by atoms with E-state index in [0.29, 0.717) is 0 Å². The minimum absolute atomic E-state index is 1.23. The highest BCUT2D eigenvalue weighted by Gasteiger charge is 1.95. The standard InChI is InChI=1S/C6H10N2/c1-6-4-3-5-7-8(6)2/h3-5,7H,1-2H3. The van der Waals surface area contributed by atoms with E-state index in [4.69, 9.17) is 0 Å². The molecule has 0 atom stereocenters. The fraction of sp³-hybridized carbons (Fsp3) is 0.333. The lowest BCUT2D eigenvalue weighted by Crippen LogP contribution is -2.29. The highest BCUT2D eigenvalue weighted by molar-refractivity contribution is 5.11. The van der Waals surface area contributed by atoms with Crippen molar-refractivity contribution in [3.05, 3.63) is 24.0 Å². The molecule has 44 valence electrons. The Hall–Kier alpha value is -0.920. The molecule has 0 aromatic rings. The van der Waals surface area contributed by atoms with Crippen LogP contribution in [0, 0.1) is 0 Å². The van der Waals surface area contributed by atoms with Crippen LogP contribution in [0.25, 0.3) is 0 Å². The Kier molecular flexibility index (Phi) is 1.24. The van der Waals surface area contributed by atoms with Crippen LogP contribution < -0.4 is 5.43 Å². The predicted molar refractivity (Wildman–Crippen MR) is 33.8 cm³/mol. The Bertz CT molecular complexity index is 135. The van der Waals surface area contributed by atoms with Gasteiger partial charge < -0.3 is 5.43 Å². The Morgan fingerprint density at radius 1 is 1.62 bits per heavy atom. The number of allylic oxidation sites excluding steroid dienone is 3. The van der Waals surface area contributed by atoms with Crippen LogP contribution in [-0.2, 0) is 0 Å². The van der Waals surface area contributed by atoms with Gasteiger partial charge in [-0.3, -0.25) is 5.01 Å². The van der Waals surface area contributed by atoms with Crippen LogP contribution in [0.2, 0.25) is 0 Å². The molecule has 0 spiro atoms. The minimum Gasteiger partial charge on any atom is -0.306 e. The van der Waals surface area contributed by atoms with Crippen molar-refractivity contribution in [3.63, 3.8) is 0 Å². The molecule has 0 amide bonds. The zero-order valence-electron chi connectivity index (χ0n) is 5.18. The lowest BCUT2D eigenvalue weighted by molar-refractivity contribution is 0.348. The van der Waals surface area contributed by atoms with Crippen LogP contribution in [-0.4, -0.2) is 12.1 Å². The smallest absolute Gasteiger partial charge is 0.0312 e. The van der Waals surface area contributed by atoms with E-state index in [9.17, 15) is 0 Å². The molecule has 0 saturated heterocycles. The number of rotatable bonds is 0. The van der Waals surface area contributed by atoms with Gasteiger partial charge >= 0.3 is 0 Å². The monoisotopic (exact) mass is 110 g/mol. The summed E-state index contributed by atoms with van der Waals surface area (Å²) < 4.78 is 0. The highest BCUT2D eigenvalue weighted by Crippen LogP contribution is 1.99. The van der Waals surface area contributed by atoms with E-state index in [1.807, 2.05) is 24.3 Å². The number of hydrogen-bond acceptors (Lipinski definition) is 2. The van der Waals surface area contributed by atoms with Crippen molar-refractivity contribution in [2.24, 2.45) is 0 Å². The third-order valence-electron chi connectivity index (χ3n) is 1.23. The molecule has 0 unspecified atom stereocenters. The van der Waals surface area contributed by atoms with Gasteiger partial charge in [0.2, 0.25) is 0 Å². The number of nitrogens with one attached hydrogen (secondary N) is 1. The van der Waals surface area contributed by atoms with Gasteiger partial charge in [-0.25, -0.2) is 0 Å². The third-order valence-corrected chi connectivity index (χ3v) is 1.23. The summed E-state index contributed by atoms with van der Waals surface area (Å²) in [6.45, 7) is 2.05. The van der Waals surface area contributed by atoms with Crippen LogP contribution in [0.15, 0.2) is 24.0 Å². The van der Waals surface area contributed by atoms with Gasteiger partial charge in [0.1, 0.15) is 0 Å². The van der Waals surface area contributed by atoms with Crippen LogP contribution in [0.4, 0.5) is 0 Å². The lowest BCUT2D eigenvalue weighted by Gasteiger charge is -2.21. The van der Waals surface area contributed by atoms with Crippen LogP contribution in [0.1, 0.15) is 6.92 Å². The third kappa shape index (κ3) is 0.832. The van der Waals surface area contributed by atoms with E-state index >= 15 is 0 Å². The fourth-order valence-electron chi connectivity index (χ4n) is 0.556. The molecule has 1 aliphatic heterocycles.